The number of nitrogens with zero attached hydrogens (tertiary/aromatic N) is 2. The minimum absolute atomic E-state index is 0.264. The molecule has 5 nitrogen and oxygen atoms in total. The van der Waals surface area contributed by atoms with Gasteiger partial charge in [-0.2, -0.15) is 8.42 Å². The number of sulfonamides is 1. The van der Waals surface area contributed by atoms with Crippen molar-refractivity contribution in [2.75, 3.05) is 13.7 Å². The number of hydrogen-bond donors (Lipinski definition) is 0. The number of ether oxygens (including phenoxy) is 1. The van der Waals surface area contributed by atoms with E-state index < -0.39 is 10.0 Å². The zero-order valence-electron chi connectivity index (χ0n) is 13.3. The standard InChI is InChI=1S/C18H18N2O3S/c1-3-12-23-15-10-8-14(9-11-15)13-20(2)18-16-6-4-5-7-17(16)24(21,22)19-18/h3-11H,1,12-13H2,2H3. The smallest absolute Gasteiger partial charge is 0.285 e. The first-order valence-corrected chi connectivity index (χ1v) is 8.93. The summed E-state index contributed by atoms with van der Waals surface area (Å²) in [6.07, 6.45) is 1.69. The van der Waals surface area contributed by atoms with E-state index in [4.69, 9.17) is 4.74 Å². The van der Waals surface area contributed by atoms with Crippen molar-refractivity contribution in [1.82, 2.24) is 4.90 Å². The molecule has 0 bridgehead atoms. The highest BCUT2D eigenvalue weighted by Gasteiger charge is 2.30. The van der Waals surface area contributed by atoms with Gasteiger partial charge in [0.25, 0.3) is 10.0 Å². The lowest BCUT2D eigenvalue weighted by Crippen LogP contribution is -2.26. The maximum Gasteiger partial charge on any atom is 0.285 e. The third-order valence-electron chi connectivity index (χ3n) is 3.69. The Balaban J connectivity index is 1.78. The van der Waals surface area contributed by atoms with E-state index in [1.165, 1.54) is 0 Å². The second-order valence-electron chi connectivity index (χ2n) is 5.49. The summed E-state index contributed by atoms with van der Waals surface area (Å²) < 4.78 is 33.6. The number of amidine groups is 1. The fourth-order valence-electron chi connectivity index (χ4n) is 2.56. The monoisotopic (exact) mass is 342 g/mol. The van der Waals surface area contributed by atoms with Gasteiger partial charge in [0.2, 0.25) is 0 Å². The predicted molar refractivity (Wildman–Crippen MR) is 93.8 cm³/mol. The largest absolute Gasteiger partial charge is 0.490 e. The zero-order chi connectivity index (χ0) is 17.2. The fraction of sp³-hybridized carbons (Fsp3) is 0.167. The Morgan fingerprint density at radius 3 is 2.58 bits per heavy atom. The van der Waals surface area contributed by atoms with Gasteiger partial charge in [-0.25, -0.2) is 0 Å². The fourth-order valence-corrected chi connectivity index (χ4v) is 3.81. The molecule has 1 heterocycles. The summed E-state index contributed by atoms with van der Waals surface area (Å²) in [5, 5.41) is 0. The topological polar surface area (TPSA) is 59.0 Å². The minimum Gasteiger partial charge on any atom is -0.490 e. The summed E-state index contributed by atoms with van der Waals surface area (Å²) in [6, 6.07) is 14.5. The van der Waals surface area contributed by atoms with Crippen LogP contribution in [0.2, 0.25) is 0 Å². The molecule has 1 aliphatic rings. The van der Waals surface area contributed by atoms with Gasteiger partial charge in [-0.3, -0.25) is 0 Å². The molecular weight excluding hydrogens is 324 g/mol. The minimum atomic E-state index is -3.59. The van der Waals surface area contributed by atoms with E-state index in [9.17, 15) is 8.42 Å². The van der Waals surface area contributed by atoms with Gasteiger partial charge in [0, 0.05) is 19.2 Å². The van der Waals surface area contributed by atoms with Crippen molar-refractivity contribution in [2.24, 2.45) is 4.40 Å². The van der Waals surface area contributed by atoms with Gasteiger partial charge in [0.1, 0.15) is 17.3 Å². The second kappa shape index (κ2) is 6.49. The van der Waals surface area contributed by atoms with Crippen molar-refractivity contribution in [2.45, 2.75) is 11.4 Å². The van der Waals surface area contributed by atoms with Crippen LogP contribution in [0.3, 0.4) is 0 Å². The first-order valence-electron chi connectivity index (χ1n) is 7.49. The maximum atomic E-state index is 12.1. The summed E-state index contributed by atoms with van der Waals surface area (Å²) >= 11 is 0. The molecule has 0 atom stereocenters. The van der Waals surface area contributed by atoms with Gasteiger partial charge in [-0.05, 0) is 29.8 Å². The van der Waals surface area contributed by atoms with Gasteiger partial charge < -0.3 is 9.64 Å². The first-order chi connectivity index (χ1) is 11.5. The van der Waals surface area contributed by atoms with Gasteiger partial charge in [-0.15, -0.1) is 4.40 Å². The average Bonchev–Trinajstić information content (AvgIpc) is 2.86. The van der Waals surface area contributed by atoms with Crippen LogP contribution >= 0.6 is 0 Å². The van der Waals surface area contributed by atoms with Crippen molar-refractivity contribution in [3.05, 3.63) is 72.3 Å². The van der Waals surface area contributed by atoms with Crippen molar-refractivity contribution in [1.29, 1.82) is 0 Å². The molecular formula is C18H18N2O3S. The molecule has 0 aromatic heterocycles. The molecule has 24 heavy (non-hydrogen) atoms. The van der Waals surface area contributed by atoms with Crippen LogP contribution in [-0.2, 0) is 16.6 Å². The molecule has 0 saturated heterocycles. The third kappa shape index (κ3) is 3.19. The van der Waals surface area contributed by atoms with Crippen LogP contribution in [0.15, 0.2) is 70.5 Å². The van der Waals surface area contributed by atoms with E-state index in [0.717, 1.165) is 11.3 Å². The van der Waals surface area contributed by atoms with Crippen molar-refractivity contribution in [3.63, 3.8) is 0 Å². The highest BCUT2D eigenvalue weighted by Crippen LogP contribution is 2.27. The molecule has 0 radical (unpaired) electrons. The Hall–Kier alpha value is -2.60. The molecule has 0 fully saturated rings. The summed E-state index contributed by atoms with van der Waals surface area (Å²) in [4.78, 5) is 2.10. The van der Waals surface area contributed by atoms with E-state index >= 15 is 0 Å². The van der Waals surface area contributed by atoms with E-state index in [2.05, 4.69) is 11.0 Å². The van der Waals surface area contributed by atoms with Crippen LogP contribution in [0, 0.1) is 0 Å². The lowest BCUT2D eigenvalue weighted by Gasteiger charge is -2.19. The highest BCUT2D eigenvalue weighted by atomic mass is 32.2. The molecule has 1 aliphatic heterocycles. The zero-order valence-corrected chi connectivity index (χ0v) is 14.2. The van der Waals surface area contributed by atoms with Gasteiger partial charge in [0.15, 0.2) is 5.84 Å². The summed E-state index contributed by atoms with van der Waals surface area (Å²) in [5.74, 6) is 1.24. The molecule has 0 spiro atoms. The van der Waals surface area contributed by atoms with E-state index in [1.807, 2.05) is 42.3 Å². The molecule has 0 amide bonds. The Bertz CT molecular complexity index is 887. The lowest BCUT2D eigenvalue weighted by molar-refractivity contribution is 0.363. The van der Waals surface area contributed by atoms with Crippen LogP contribution in [0.1, 0.15) is 11.1 Å². The molecule has 3 rings (SSSR count). The molecule has 0 aliphatic carbocycles. The maximum absolute atomic E-state index is 12.1. The molecule has 6 heteroatoms. The van der Waals surface area contributed by atoms with E-state index in [1.54, 1.807) is 24.3 Å². The van der Waals surface area contributed by atoms with Gasteiger partial charge >= 0.3 is 0 Å². The first kappa shape index (κ1) is 16.3. The molecule has 0 unspecified atom stereocenters. The van der Waals surface area contributed by atoms with Crippen LogP contribution in [0.5, 0.6) is 5.75 Å². The number of fused-ring (bicyclic) bond motifs is 1. The lowest BCUT2D eigenvalue weighted by atomic mass is 10.1. The summed E-state index contributed by atoms with van der Waals surface area (Å²) in [6.45, 7) is 4.62. The molecule has 0 N–H and O–H groups in total. The Morgan fingerprint density at radius 2 is 1.88 bits per heavy atom. The van der Waals surface area contributed by atoms with Crippen molar-refractivity contribution >= 4 is 15.9 Å². The average molecular weight is 342 g/mol. The molecule has 2 aromatic carbocycles. The third-order valence-corrected chi connectivity index (χ3v) is 5.01. The normalized spacial score (nSPS) is 14.6. The van der Waals surface area contributed by atoms with Crippen LogP contribution in [0.25, 0.3) is 0 Å². The van der Waals surface area contributed by atoms with E-state index in [0.29, 0.717) is 24.6 Å². The van der Waals surface area contributed by atoms with Crippen LogP contribution in [-0.4, -0.2) is 32.8 Å². The molecule has 2 aromatic rings. The van der Waals surface area contributed by atoms with Gasteiger partial charge in [0.05, 0.1) is 0 Å². The highest BCUT2D eigenvalue weighted by molar-refractivity contribution is 7.90. The number of benzene rings is 2. The van der Waals surface area contributed by atoms with Crippen molar-refractivity contribution < 1.29 is 13.2 Å². The summed E-state index contributed by atoms with van der Waals surface area (Å²) in [5.41, 5.74) is 1.68. The van der Waals surface area contributed by atoms with Crippen molar-refractivity contribution in [3.8, 4) is 5.75 Å². The van der Waals surface area contributed by atoms with Gasteiger partial charge in [-0.1, -0.05) is 36.9 Å². The Labute approximate surface area is 142 Å². The van der Waals surface area contributed by atoms with Crippen LogP contribution < -0.4 is 4.74 Å². The predicted octanol–water partition coefficient (Wildman–Crippen LogP) is 2.83. The quantitative estimate of drug-likeness (QED) is 0.784. The molecule has 124 valence electrons. The van der Waals surface area contributed by atoms with Crippen LogP contribution in [0.4, 0.5) is 0 Å². The van der Waals surface area contributed by atoms with E-state index in [-0.39, 0.29) is 4.90 Å². The number of hydrogen-bond acceptors (Lipinski definition) is 4. The number of rotatable bonds is 5. The SMILES string of the molecule is C=CCOc1ccc(CN(C)C2=NS(=O)(=O)c3ccccc32)cc1. The second-order valence-corrected chi connectivity index (χ2v) is 7.06. The molecule has 0 saturated carbocycles. The summed E-state index contributed by atoms with van der Waals surface area (Å²) in [7, 11) is -1.76. The Kier molecular flexibility index (Phi) is 4.40. The Morgan fingerprint density at radius 1 is 1.17 bits per heavy atom.